The fourth-order valence-electron chi connectivity index (χ4n) is 3.43. The quantitative estimate of drug-likeness (QED) is 0.787. The van der Waals surface area contributed by atoms with Crippen LogP contribution in [-0.4, -0.2) is 56.4 Å². The van der Waals surface area contributed by atoms with Crippen molar-refractivity contribution in [1.82, 2.24) is 4.90 Å². The van der Waals surface area contributed by atoms with Crippen LogP contribution in [0.2, 0.25) is 0 Å². The van der Waals surface area contributed by atoms with E-state index >= 15 is 0 Å². The highest BCUT2D eigenvalue weighted by molar-refractivity contribution is 6.62. The summed E-state index contributed by atoms with van der Waals surface area (Å²) in [5.74, 6) is 0. The van der Waals surface area contributed by atoms with Crippen molar-refractivity contribution in [3.8, 4) is 6.07 Å². The van der Waals surface area contributed by atoms with Crippen molar-refractivity contribution in [2.75, 3.05) is 32.1 Å². The van der Waals surface area contributed by atoms with Crippen LogP contribution in [0.3, 0.4) is 0 Å². The Balaban J connectivity index is 1.83. The number of likely N-dealkylation sites (N-methyl/N-ethyl adjacent to an activating group) is 1. The zero-order valence-corrected chi connectivity index (χ0v) is 16.2. The van der Waals surface area contributed by atoms with E-state index in [1.54, 1.807) is 0 Å². The van der Waals surface area contributed by atoms with Gasteiger partial charge in [-0.25, -0.2) is 0 Å². The molecule has 1 aromatic carbocycles. The van der Waals surface area contributed by atoms with E-state index < -0.39 is 7.12 Å². The van der Waals surface area contributed by atoms with Crippen LogP contribution in [0.5, 0.6) is 0 Å². The minimum absolute atomic E-state index is 0.378. The van der Waals surface area contributed by atoms with Crippen LogP contribution in [0.4, 0.5) is 5.69 Å². The third kappa shape index (κ3) is 3.29. The van der Waals surface area contributed by atoms with Gasteiger partial charge in [0.05, 0.1) is 22.5 Å². The first-order chi connectivity index (χ1) is 11.6. The minimum atomic E-state index is -0.431. The van der Waals surface area contributed by atoms with Crippen molar-refractivity contribution < 1.29 is 9.31 Å². The van der Waals surface area contributed by atoms with Gasteiger partial charge in [0.1, 0.15) is 6.07 Å². The smallest absolute Gasteiger partial charge is 0.399 e. The van der Waals surface area contributed by atoms with Crippen molar-refractivity contribution in [3.05, 3.63) is 23.8 Å². The molecule has 134 valence electrons. The second kappa shape index (κ2) is 6.32. The van der Waals surface area contributed by atoms with Crippen LogP contribution in [0.15, 0.2) is 18.2 Å². The van der Waals surface area contributed by atoms with Gasteiger partial charge >= 0.3 is 7.12 Å². The van der Waals surface area contributed by atoms with Crippen molar-refractivity contribution in [3.63, 3.8) is 0 Å². The fraction of sp³-hybridized carbons (Fsp3) is 0.632. The van der Waals surface area contributed by atoms with E-state index in [-0.39, 0.29) is 11.2 Å². The number of hydrogen-bond donors (Lipinski definition) is 0. The van der Waals surface area contributed by atoms with E-state index in [0.29, 0.717) is 11.6 Å². The number of rotatable bonds is 3. The van der Waals surface area contributed by atoms with Crippen LogP contribution in [0, 0.1) is 11.3 Å². The Kier molecular flexibility index (Phi) is 4.61. The monoisotopic (exact) mass is 341 g/mol. The van der Waals surface area contributed by atoms with Gasteiger partial charge < -0.3 is 19.1 Å². The van der Waals surface area contributed by atoms with Crippen LogP contribution < -0.4 is 10.4 Å². The lowest BCUT2D eigenvalue weighted by Crippen LogP contribution is -2.41. The highest BCUT2D eigenvalue weighted by Crippen LogP contribution is 2.36. The molecule has 0 spiro atoms. The molecular weight excluding hydrogens is 313 g/mol. The Labute approximate surface area is 151 Å². The summed E-state index contributed by atoms with van der Waals surface area (Å²) in [5.41, 5.74) is 1.84. The van der Waals surface area contributed by atoms with E-state index in [9.17, 15) is 5.26 Å². The van der Waals surface area contributed by atoms with Gasteiger partial charge in [0, 0.05) is 19.1 Å². The summed E-state index contributed by atoms with van der Waals surface area (Å²) in [6.07, 6.45) is 1.12. The maximum atomic E-state index is 9.66. The van der Waals surface area contributed by atoms with Crippen molar-refractivity contribution in [2.45, 2.75) is 51.4 Å². The molecule has 0 saturated carbocycles. The maximum Gasteiger partial charge on any atom is 0.494 e. The van der Waals surface area contributed by atoms with E-state index in [1.807, 2.05) is 45.9 Å². The molecule has 2 aliphatic heterocycles. The molecule has 6 heteroatoms. The number of benzene rings is 1. The third-order valence-electron chi connectivity index (χ3n) is 5.90. The molecule has 0 amide bonds. The Hall–Kier alpha value is -1.55. The zero-order chi connectivity index (χ0) is 18.4. The van der Waals surface area contributed by atoms with Gasteiger partial charge in [0.25, 0.3) is 0 Å². The zero-order valence-electron chi connectivity index (χ0n) is 16.2. The van der Waals surface area contributed by atoms with Gasteiger partial charge in [-0.1, -0.05) is 6.07 Å². The SMILES string of the molecule is CN(C)C1CCN(c2ccc(B3OC(C)(C)C(C)(C)O3)cc2C#N)C1. The van der Waals surface area contributed by atoms with Crippen LogP contribution >= 0.6 is 0 Å². The molecule has 2 aliphatic rings. The normalized spacial score (nSPS) is 24.8. The second-order valence-corrected chi connectivity index (χ2v) is 8.33. The Morgan fingerprint density at radius 1 is 1.20 bits per heavy atom. The van der Waals surface area contributed by atoms with Crippen molar-refractivity contribution in [1.29, 1.82) is 5.26 Å². The molecule has 5 nitrogen and oxygen atoms in total. The number of hydrogen-bond acceptors (Lipinski definition) is 5. The average molecular weight is 341 g/mol. The fourth-order valence-corrected chi connectivity index (χ4v) is 3.43. The van der Waals surface area contributed by atoms with Gasteiger partial charge in [-0.15, -0.1) is 0 Å². The van der Waals surface area contributed by atoms with Gasteiger partial charge in [0.2, 0.25) is 0 Å². The molecule has 25 heavy (non-hydrogen) atoms. The molecule has 2 fully saturated rings. The summed E-state index contributed by atoms with van der Waals surface area (Å²) < 4.78 is 12.2. The molecule has 1 aromatic rings. The molecule has 2 saturated heterocycles. The summed E-state index contributed by atoms with van der Waals surface area (Å²) in [5, 5.41) is 9.66. The van der Waals surface area contributed by atoms with Crippen molar-refractivity contribution >= 4 is 18.3 Å². The lowest BCUT2D eigenvalue weighted by Gasteiger charge is -2.32. The van der Waals surface area contributed by atoms with Gasteiger partial charge in [-0.3, -0.25) is 0 Å². The largest absolute Gasteiger partial charge is 0.494 e. The Morgan fingerprint density at radius 3 is 2.36 bits per heavy atom. The van der Waals surface area contributed by atoms with Crippen LogP contribution in [0.25, 0.3) is 0 Å². The average Bonchev–Trinajstić information content (AvgIpc) is 3.10. The molecule has 2 heterocycles. The molecule has 0 bridgehead atoms. The molecule has 0 aromatic heterocycles. The van der Waals surface area contributed by atoms with E-state index in [1.165, 1.54) is 0 Å². The van der Waals surface area contributed by atoms with Crippen LogP contribution in [-0.2, 0) is 9.31 Å². The lowest BCUT2D eigenvalue weighted by molar-refractivity contribution is 0.00578. The van der Waals surface area contributed by atoms with Crippen molar-refractivity contribution in [2.24, 2.45) is 0 Å². The molecule has 3 rings (SSSR count). The first kappa shape index (κ1) is 18.3. The highest BCUT2D eigenvalue weighted by Gasteiger charge is 2.51. The predicted octanol–water partition coefficient (Wildman–Crippen LogP) is 2.00. The number of anilines is 1. The number of nitriles is 1. The molecule has 1 unspecified atom stereocenters. The van der Waals surface area contributed by atoms with Gasteiger partial charge in [-0.2, -0.15) is 5.26 Å². The summed E-state index contributed by atoms with van der Waals surface area (Å²) >= 11 is 0. The summed E-state index contributed by atoms with van der Waals surface area (Å²) in [6.45, 7) is 10.1. The molecule has 0 aliphatic carbocycles. The summed E-state index contributed by atoms with van der Waals surface area (Å²) in [7, 11) is 3.79. The van der Waals surface area contributed by atoms with E-state index in [4.69, 9.17) is 9.31 Å². The second-order valence-electron chi connectivity index (χ2n) is 8.33. The molecular formula is C19H28BN3O2. The van der Waals surface area contributed by atoms with Gasteiger partial charge in [0.15, 0.2) is 0 Å². The highest BCUT2D eigenvalue weighted by atomic mass is 16.7. The molecule has 0 radical (unpaired) electrons. The van der Waals surface area contributed by atoms with E-state index in [0.717, 1.165) is 30.7 Å². The first-order valence-electron chi connectivity index (χ1n) is 8.96. The first-order valence-corrected chi connectivity index (χ1v) is 8.96. The van der Waals surface area contributed by atoms with E-state index in [2.05, 4.69) is 30.0 Å². The molecule has 1 atom stereocenters. The van der Waals surface area contributed by atoms with Gasteiger partial charge in [-0.05, 0) is 65.8 Å². The lowest BCUT2D eigenvalue weighted by atomic mass is 9.78. The maximum absolute atomic E-state index is 9.66. The molecule has 0 N–H and O–H groups in total. The Bertz CT molecular complexity index is 680. The summed E-state index contributed by atoms with van der Waals surface area (Å²) in [4.78, 5) is 4.56. The standard InChI is InChI=1S/C19H28BN3O2/c1-18(2)19(3,4)25-20(24-18)15-7-8-17(14(11-15)12-21)23-10-9-16(13-23)22(5)6/h7-8,11,16H,9-10,13H2,1-6H3. The Morgan fingerprint density at radius 2 is 1.84 bits per heavy atom. The third-order valence-corrected chi connectivity index (χ3v) is 5.90. The summed E-state index contributed by atoms with van der Waals surface area (Å²) in [6, 6.07) is 8.88. The number of nitrogens with zero attached hydrogens (tertiary/aromatic N) is 3. The predicted molar refractivity (Wildman–Crippen MR) is 101 cm³/mol. The topological polar surface area (TPSA) is 48.7 Å². The minimum Gasteiger partial charge on any atom is -0.399 e. The van der Waals surface area contributed by atoms with Crippen LogP contribution in [0.1, 0.15) is 39.7 Å².